The topological polar surface area (TPSA) is 18.5 Å². The van der Waals surface area contributed by atoms with Crippen LogP contribution in [0.25, 0.3) is 0 Å². The molecule has 0 radical (unpaired) electrons. The molecule has 0 N–H and O–H groups in total. The Morgan fingerprint density at radius 1 is 1.08 bits per heavy atom. The first-order valence-electron chi connectivity index (χ1n) is 3.94. The summed E-state index contributed by atoms with van der Waals surface area (Å²) in [7, 11) is 1.52. The maximum absolute atomic E-state index is 5.12. The molecule has 1 rings (SSSR count). The molecule has 1 aromatic rings. The molecule has 0 saturated carbocycles. The van der Waals surface area contributed by atoms with Crippen molar-refractivity contribution in [3.05, 3.63) is 35.9 Å². The molecule has 66 valence electrons. The van der Waals surface area contributed by atoms with Crippen molar-refractivity contribution in [2.75, 3.05) is 7.11 Å². The number of hydrogen-bond acceptors (Lipinski definition) is 2. The van der Waals surface area contributed by atoms with Gasteiger partial charge >= 0.3 is 0 Å². The van der Waals surface area contributed by atoms with E-state index in [0.717, 1.165) is 5.56 Å². The van der Waals surface area contributed by atoms with Gasteiger partial charge in [0.25, 0.3) is 0 Å². The van der Waals surface area contributed by atoms with Crippen LogP contribution in [0, 0.1) is 0 Å². The molecule has 0 amide bonds. The quantitative estimate of drug-likeness (QED) is 0.507. The van der Waals surface area contributed by atoms with Crippen molar-refractivity contribution in [3.8, 4) is 0 Å². The molecule has 0 aliphatic heterocycles. The summed E-state index contributed by atoms with van der Waals surface area (Å²) in [4.78, 5) is 9.78. The molecular weight excluding hydrogens is 152 g/mol. The lowest BCUT2D eigenvalue weighted by molar-refractivity contribution is -0.340. The van der Waals surface area contributed by atoms with Crippen LogP contribution < -0.4 is 0 Å². The van der Waals surface area contributed by atoms with Gasteiger partial charge in [-0.2, -0.15) is 0 Å². The third kappa shape index (κ3) is 2.06. The third-order valence-corrected chi connectivity index (χ3v) is 1.76. The van der Waals surface area contributed by atoms with Gasteiger partial charge in [0.15, 0.2) is 0 Å². The van der Waals surface area contributed by atoms with Crippen molar-refractivity contribution in [1.82, 2.24) is 0 Å². The Balaban J connectivity index is 2.82. The largest absolute Gasteiger partial charge is 0.239 e. The molecule has 1 aromatic carbocycles. The summed E-state index contributed by atoms with van der Waals surface area (Å²) in [6.07, 6.45) is 0. The summed E-state index contributed by atoms with van der Waals surface area (Å²) in [5.74, 6) is 0. The highest BCUT2D eigenvalue weighted by Crippen LogP contribution is 2.23. The lowest BCUT2D eigenvalue weighted by atomic mass is 9.99. The van der Waals surface area contributed by atoms with Crippen LogP contribution >= 0.6 is 0 Å². The van der Waals surface area contributed by atoms with Crippen molar-refractivity contribution in [3.63, 3.8) is 0 Å². The Morgan fingerprint density at radius 3 is 2.17 bits per heavy atom. The monoisotopic (exact) mass is 166 g/mol. The maximum atomic E-state index is 5.12. The van der Waals surface area contributed by atoms with E-state index in [1.165, 1.54) is 7.11 Å². The van der Waals surface area contributed by atoms with E-state index in [1.807, 2.05) is 44.2 Å². The Kier molecular flexibility index (Phi) is 2.84. The molecule has 0 aliphatic carbocycles. The maximum Gasteiger partial charge on any atom is 0.123 e. The highest BCUT2D eigenvalue weighted by molar-refractivity contribution is 5.20. The molecule has 0 aliphatic rings. The first-order valence-corrected chi connectivity index (χ1v) is 3.94. The average molecular weight is 166 g/mol. The van der Waals surface area contributed by atoms with E-state index in [-0.39, 0.29) is 5.60 Å². The van der Waals surface area contributed by atoms with Crippen LogP contribution in [-0.2, 0) is 15.4 Å². The van der Waals surface area contributed by atoms with Gasteiger partial charge in [-0.25, -0.2) is 9.78 Å². The minimum absolute atomic E-state index is 0.379. The number of benzene rings is 1. The molecule has 12 heavy (non-hydrogen) atoms. The predicted molar refractivity (Wildman–Crippen MR) is 47.6 cm³/mol. The van der Waals surface area contributed by atoms with E-state index >= 15 is 0 Å². The molecule has 2 nitrogen and oxygen atoms in total. The summed E-state index contributed by atoms with van der Waals surface area (Å²) in [5.41, 5.74) is 0.725. The smallest absolute Gasteiger partial charge is 0.123 e. The van der Waals surface area contributed by atoms with Crippen LogP contribution in [0.4, 0.5) is 0 Å². The van der Waals surface area contributed by atoms with E-state index < -0.39 is 0 Å². The fourth-order valence-electron chi connectivity index (χ4n) is 1.10. The van der Waals surface area contributed by atoms with Gasteiger partial charge in [0.1, 0.15) is 5.60 Å². The first kappa shape index (κ1) is 9.23. The molecule has 0 atom stereocenters. The van der Waals surface area contributed by atoms with Crippen LogP contribution in [0.1, 0.15) is 19.4 Å². The number of rotatable bonds is 3. The molecular formula is C10H14O2. The molecule has 0 heterocycles. The second-order valence-corrected chi connectivity index (χ2v) is 3.13. The second-order valence-electron chi connectivity index (χ2n) is 3.13. The second kappa shape index (κ2) is 3.70. The van der Waals surface area contributed by atoms with Crippen LogP contribution in [0.5, 0.6) is 0 Å². The normalized spacial score (nSPS) is 11.6. The lowest BCUT2D eigenvalue weighted by Crippen LogP contribution is -2.20. The average Bonchev–Trinajstić information content (AvgIpc) is 2.06. The highest BCUT2D eigenvalue weighted by atomic mass is 17.2. The van der Waals surface area contributed by atoms with E-state index in [9.17, 15) is 0 Å². The molecule has 0 saturated heterocycles. The summed E-state index contributed by atoms with van der Waals surface area (Å²) >= 11 is 0. The van der Waals surface area contributed by atoms with Crippen molar-refractivity contribution in [2.45, 2.75) is 19.4 Å². The summed E-state index contributed by atoms with van der Waals surface area (Å²) < 4.78 is 0. The van der Waals surface area contributed by atoms with Crippen LogP contribution in [-0.4, -0.2) is 7.11 Å². The minimum Gasteiger partial charge on any atom is -0.239 e. The van der Waals surface area contributed by atoms with Gasteiger partial charge in [-0.05, 0) is 19.4 Å². The van der Waals surface area contributed by atoms with Crippen molar-refractivity contribution in [1.29, 1.82) is 0 Å². The van der Waals surface area contributed by atoms with Gasteiger partial charge in [-0.15, -0.1) is 0 Å². The SMILES string of the molecule is COOC(C)(C)c1ccccc1. The van der Waals surface area contributed by atoms with E-state index in [4.69, 9.17) is 4.89 Å². The molecule has 0 fully saturated rings. The van der Waals surface area contributed by atoms with E-state index in [2.05, 4.69) is 4.89 Å². The zero-order valence-electron chi connectivity index (χ0n) is 7.70. The van der Waals surface area contributed by atoms with E-state index in [0.29, 0.717) is 0 Å². The van der Waals surface area contributed by atoms with E-state index in [1.54, 1.807) is 0 Å². The highest BCUT2D eigenvalue weighted by Gasteiger charge is 2.21. The molecule has 0 aromatic heterocycles. The fourth-order valence-corrected chi connectivity index (χ4v) is 1.10. The zero-order valence-corrected chi connectivity index (χ0v) is 7.70. The van der Waals surface area contributed by atoms with Crippen LogP contribution in [0.3, 0.4) is 0 Å². The fraction of sp³-hybridized carbons (Fsp3) is 0.400. The van der Waals surface area contributed by atoms with Gasteiger partial charge in [-0.3, -0.25) is 0 Å². The lowest BCUT2D eigenvalue weighted by Gasteiger charge is -2.22. The van der Waals surface area contributed by atoms with Crippen molar-refractivity contribution >= 4 is 0 Å². The molecule has 2 heteroatoms. The van der Waals surface area contributed by atoms with Gasteiger partial charge in [0, 0.05) is 0 Å². The third-order valence-electron chi connectivity index (χ3n) is 1.76. The van der Waals surface area contributed by atoms with Gasteiger partial charge in [0.05, 0.1) is 7.11 Å². The summed E-state index contributed by atoms with van der Waals surface area (Å²) in [6.45, 7) is 3.93. The van der Waals surface area contributed by atoms with Crippen molar-refractivity contribution < 1.29 is 9.78 Å². The predicted octanol–water partition coefficient (Wildman–Crippen LogP) is 2.50. The Bertz CT molecular complexity index is 229. The standard InChI is InChI=1S/C10H14O2/c1-10(2,12-11-3)9-7-5-4-6-8-9/h4-8H,1-3H3. The number of hydrogen-bond donors (Lipinski definition) is 0. The zero-order chi connectivity index (χ0) is 9.03. The minimum atomic E-state index is -0.379. The van der Waals surface area contributed by atoms with Crippen molar-refractivity contribution in [2.24, 2.45) is 0 Å². The van der Waals surface area contributed by atoms with Gasteiger partial charge < -0.3 is 0 Å². The Labute approximate surface area is 73.0 Å². The Morgan fingerprint density at radius 2 is 1.67 bits per heavy atom. The first-order chi connectivity index (χ1) is 5.67. The van der Waals surface area contributed by atoms with Crippen LogP contribution in [0.2, 0.25) is 0 Å². The Hall–Kier alpha value is -0.860. The molecule has 0 bridgehead atoms. The molecule has 0 unspecified atom stereocenters. The summed E-state index contributed by atoms with van der Waals surface area (Å²) in [6, 6.07) is 9.97. The summed E-state index contributed by atoms with van der Waals surface area (Å²) in [5, 5.41) is 0. The van der Waals surface area contributed by atoms with Gasteiger partial charge in [-0.1, -0.05) is 30.3 Å². The molecule has 0 spiro atoms. The van der Waals surface area contributed by atoms with Gasteiger partial charge in [0.2, 0.25) is 0 Å². The van der Waals surface area contributed by atoms with Crippen LogP contribution in [0.15, 0.2) is 30.3 Å².